The van der Waals surface area contributed by atoms with E-state index in [1.54, 1.807) is 19.0 Å². The topological polar surface area (TPSA) is 45.2 Å². The number of hydrogen-bond donors (Lipinski definition) is 1. The Hall–Kier alpha value is -1.10. The number of thiazole rings is 1. The van der Waals surface area contributed by atoms with Crippen LogP contribution in [-0.2, 0) is 6.42 Å². The molecule has 0 aliphatic rings. The van der Waals surface area contributed by atoms with Crippen molar-refractivity contribution in [2.75, 3.05) is 26.5 Å². The second-order valence-corrected chi connectivity index (χ2v) is 4.49. The standard InChI is InChI=1S/C10H17N3OS/c1-5-6-7-8(9(14)13(3)4)15-10(11-2)12-7/h5-6H2,1-4H3,(H,11,12). The summed E-state index contributed by atoms with van der Waals surface area (Å²) < 4.78 is 0. The number of hydrogen-bond acceptors (Lipinski definition) is 4. The number of carbonyl (C=O) groups is 1. The zero-order chi connectivity index (χ0) is 11.4. The number of aromatic nitrogens is 1. The van der Waals surface area contributed by atoms with Gasteiger partial charge in [0, 0.05) is 21.1 Å². The molecule has 15 heavy (non-hydrogen) atoms. The fourth-order valence-electron chi connectivity index (χ4n) is 1.24. The third-order valence-electron chi connectivity index (χ3n) is 2.00. The Bertz CT molecular complexity index is 346. The molecule has 0 fully saturated rings. The van der Waals surface area contributed by atoms with Crippen molar-refractivity contribution < 1.29 is 4.79 Å². The lowest BCUT2D eigenvalue weighted by molar-refractivity contribution is 0.0831. The molecular weight excluding hydrogens is 210 g/mol. The molecule has 0 radical (unpaired) electrons. The maximum atomic E-state index is 11.8. The number of aryl methyl sites for hydroxylation is 1. The van der Waals surface area contributed by atoms with Crippen molar-refractivity contribution in [1.29, 1.82) is 0 Å². The molecule has 84 valence electrons. The lowest BCUT2D eigenvalue weighted by atomic mass is 10.2. The van der Waals surface area contributed by atoms with Crippen LogP contribution in [0.1, 0.15) is 28.7 Å². The van der Waals surface area contributed by atoms with Crippen LogP contribution in [0.5, 0.6) is 0 Å². The molecule has 0 spiro atoms. The summed E-state index contributed by atoms with van der Waals surface area (Å²) in [4.78, 5) is 18.6. The lowest BCUT2D eigenvalue weighted by Gasteiger charge is -2.08. The highest BCUT2D eigenvalue weighted by Crippen LogP contribution is 2.24. The van der Waals surface area contributed by atoms with Crippen molar-refractivity contribution in [1.82, 2.24) is 9.88 Å². The van der Waals surface area contributed by atoms with Gasteiger partial charge in [-0.3, -0.25) is 4.79 Å². The van der Waals surface area contributed by atoms with E-state index >= 15 is 0 Å². The molecule has 0 atom stereocenters. The van der Waals surface area contributed by atoms with E-state index in [4.69, 9.17) is 0 Å². The van der Waals surface area contributed by atoms with Crippen LogP contribution in [0.25, 0.3) is 0 Å². The summed E-state index contributed by atoms with van der Waals surface area (Å²) in [5.74, 6) is 0.0393. The van der Waals surface area contributed by atoms with E-state index in [-0.39, 0.29) is 5.91 Å². The minimum Gasteiger partial charge on any atom is -0.365 e. The van der Waals surface area contributed by atoms with Crippen molar-refractivity contribution in [3.63, 3.8) is 0 Å². The second-order valence-electron chi connectivity index (χ2n) is 3.49. The Kier molecular flexibility index (Phi) is 4.08. The van der Waals surface area contributed by atoms with E-state index in [2.05, 4.69) is 17.2 Å². The molecule has 0 saturated heterocycles. The minimum absolute atomic E-state index is 0.0393. The Balaban J connectivity index is 3.03. The summed E-state index contributed by atoms with van der Waals surface area (Å²) in [5, 5.41) is 3.79. The molecule has 1 rings (SSSR count). The third kappa shape index (κ3) is 2.68. The number of anilines is 1. The number of nitrogens with one attached hydrogen (secondary N) is 1. The summed E-state index contributed by atoms with van der Waals surface area (Å²) in [6.07, 6.45) is 1.85. The molecule has 0 bridgehead atoms. The first-order chi connectivity index (χ1) is 7.10. The smallest absolute Gasteiger partial charge is 0.265 e. The normalized spacial score (nSPS) is 10.1. The van der Waals surface area contributed by atoms with Crippen LogP contribution in [-0.4, -0.2) is 36.9 Å². The van der Waals surface area contributed by atoms with Gasteiger partial charge in [-0.1, -0.05) is 24.7 Å². The van der Waals surface area contributed by atoms with E-state index < -0.39 is 0 Å². The van der Waals surface area contributed by atoms with Crippen molar-refractivity contribution in [3.8, 4) is 0 Å². The van der Waals surface area contributed by atoms with Gasteiger partial charge in [-0.05, 0) is 6.42 Å². The van der Waals surface area contributed by atoms with Crippen LogP contribution >= 0.6 is 11.3 Å². The fraction of sp³-hybridized carbons (Fsp3) is 0.600. The van der Waals surface area contributed by atoms with E-state index in [9.17, 15) is 4.79 Å². The molecule has 1 amide bonds. The summed E-state index contributed by atoms with van der Waals surface area (Å²) in [6.45, 7) is 2.09. The van der Waals surface area contributed by atoms with Gasteiger partial charge < -0.3 is 10.2 Å². The van der Waals surface area contributed by atoms with Gasteiger partial charge >= 0.3 is 0 Å². The van der Waals surface area contributed by atoms with Gasteiger partial charge in [-0.2, -0.15) is 0 Å². The molecule has 0 saturated carbocycles. The Labute approximate surface area is 94.3 Å². The highest BCUT2D eigenvalue weighted by Gasteiger charge is 2.18. The van der Waals surface area contributed by atoms with E-state index in [1.165, 1.54) is 11.3 Å². The van der Waals surface area contributed by atoms with E-state index in [0.717, 1.165) is 28.5 Å². The zero-order valence-corrected chi connectivity index (χ0v) is 10.4. The average Bonchev–Trinajstić information content (AvgIpc) is 2.60. The van der Waals surface area contributed by atoms with Crippen LogP contribution in [0.3, 0.4) is 0 Å². The number of carbonyl (C=O) groups excluding carboxylic acids is 1. The molecule has 1 N–H and O–H groups in total. The molecule has 4 nitrogen and oxygen atoms in total. The zero-order valence-electron chi connectivity index (χ0n) is 9.63. The summed E-state index contributed by atoms with van der Waals surface area (Å²) >= 11 is 1.42. The second kappa shape index (κ2) is 5.11. The summed E-state index contributed by atoms with van der Waals surface area (Å²) in [6, 6.07) is 0. The van der Waals surface area contributed by atoms with E-state index in [1.807, 2.05) is 7.05 Å². The van der Waals surface area contributed by atoms with Gasteiger partial charge in [0.05, 0.1) is 5.69 Å². The molecule has 1 aromatic heterocycles. The molecule has 1 aromatic rings. The van der Waals surface area contributed by atoms with Crippen LogP contribution in [0.2, 0.25) is 0 Å². The van der Waals surface area contributed by atoms with Crippen molar-refractivity contribution >= 4 is 22.4 Å². The Morgan fingerprint density at radius 1 is 1.53 bits per heavy atom. The largest absolute Gasteiger partial charge is 0.365 e. The average molecular weight is 227 g/mol. The number of rotatable bonds is 4. The highest BCUT2D eigenvalue weighted by molar-refractivity contribution is 7.17. The lowest BCUT2D eigenvalue weighted by Crippen LogP contribution is -2.21. The van der Waals surface area contributed by atoms with Crippen molar-refractivity contribution in [3.05, 3.63) is 10.6 Å². The fourth-order valence-corrected chi connectivity index (χ4v) is 2.22. The molecule has 0 aromatic carbocycles. The molecule has 1 heterocycles. The summed E-state index contributed by atoms with van der Waals surface area (Å²) in [7, 11) is 5.34. The van der Waals surface area contributed by atoms with Crippen LogP contribution in [0.4, 0.5) is 5.13 Å². The quantitative estimate of drug-likeness (QED) is 0.853. The van der Waals surface area contributed by atoms with Crippen molar-refractivity contribution in [2.24, 2.45) is 0 Å². The maximum Gasteiger partial charge on any atom is 0.265 e. The molecule has 0 unspecified atom stereocenters. The number of amides is 1. The SMILES string of the molecule is CCCc1nc(NC)sc1C(=O)N(C)C. The first-order valence-electron chi connectivity index (χ1n) is 4.99. The van der Waals surface area contributed by atoms with Gasteiger partial charge in [0.1, 0.15) is 4.88 Å². The Morgan fingerprint density at radius 3 is 2.67 bits per heavy atom. The van der Waals surface area contributed by atoms with Gasteiger partial charge in [0.25, 0.3) is 5.91 Å². The van der Waals surface area contributed by atoms with E-state index in [0.29, 0.717) is 0 Å². The predicted octanol–water partition coefficient (Wildman–Crippen LogP) is 1.84. The highest BCUT2D eigenvalue weighted by atomic mass is 32.1. The van der Waals surface area contributed by atoms with Gasteiger partial charge in [0.2, 0.25) is 0 Å². The maximum absolute atomic E-state index is 11.8. The molecule has 5 heteroatoms. The Morgan fingerprint density at radius 2 is 2.20 bits per heavy atom. The van der Waals surface area contributed by atoms with Gasteiger partial charge in [0.15, 0.2) is 5.13 Å². The van der Waals surface area contributed by atoms with Crippen molar-refractivity contribution in [2.45, 2.75) is 19.8 Å². The molecular formula is C10H17N3OS. The van der Waals surface area contributed by atoms with Crippen LogP contribution in [0.15, 0.2) is 0 Å². The monoisotopic (exact) mass is 227 g/mol. The third-order valence-corrected chi connectivity index (χ3v) is 3.10. The van der Waals surface area contributed by atoms with Crippen LogP contribution in [0, 0.1) is 0 Å². The van der Waals surface area contributed by atoms with Gasteiger partial charge in [-0.15, -0.1) is 0 Å². The summed E-state index contributed by atoms with van der Waals surface area (Å²) in [5.41, 5.74) is 0.908. The molecule has 0 aliphatic carbocycles. The minimum atomic E-state index is 0.0393. The first kappa shape index (κ1) is 12.0. The predicted molar refractivity (Wildman–Crippen MR) is 63.7 cm³/mol. The van der Waals surface area contributed by atoms with Gasteiger partial charge in [-0.25, -0.2) is 4.98 Å². The van der Waals surface area contributed by atoms with Crippen LogP contribution < -0.4 is 5.32 Å². The number of nitrogens with zero attached hydrogens (tertiary/aromatic N) is 2. The first-order valence-corrected chi connectivity index (χ1v) is 5.80. The molecule has 0 aliphatic heterocycles.